The normalized spacial score (nSPS) is 27.3. The summed E-state index contributed by atoms with van der Waals surface area (Å²) in [6.07, 6.45) is 0.337. The molecule has 1 amide bonds. The van der Waals surface area contributed by atoms with Gasteiger partial charge >= 0.3 is 0 Å². The van der Waals surface area contributed by atoms with E-state index in [4.69, 9.17) is 9.47 Å². The van der Waals surface area contributed by atoms with Crippen molar-refractivity contribution < 1.29 is 14.3 Å². The Morgan fingerprint density at radius 2 is 1.77 bits per heavy atom. The van der Waals surface area contributed by atoms with Crippen LogP contribution in [0.5, 0.6) is 0 Å². The Kier molecular flexibility index (Phi) is 3.65. The molecular weight excluding hydrogens is 440 g/mol. The van der Waals surface area contributed by atoms with Crippen molar-refractivity contribution in [3.05, 3.63) is 59.7 Å². The summed E-state index contributed by atoms with van der Waals surface area (Å²) in [5, 5.41) is 11.0. The largest absolute Gasteiger partial charge is 0.375 e. The molecule has 4 atom stereocenters. The first-order valence-electron chi connectivity index (χ1n) is 12.3. The molecule has 3 aliphatic heterocycles. The maximum atomic E-state index is 13.3. The third-order valence-electron chi connectivity index (χ3n) is 8.60. The van der Waals surface area contributed by atoms with E-state index < -0.39 is 5.72 Å². The fourth-order valence-corrected chi connectivity index (χ4v) is 7.33. The van der Waals surface area contributed by atoms with Crippen LogP contribution in [0.15, 0.2) is 48.5 Å². The third kappa shape index (κ3) is 2.12. The molecule has 0 spiro atoms. The molecule has 2 N–H and O–H groups in total. The van der Waals surface area contributed by atoms with Gasteiger partial charge in [-0.15, -0.1) is 0 Å². The van der Waals surface area contributed by atoms with E-state index >= 15 is 0 Å². The number of carbonyl (C=O) groups excluding carboxylic acids is 1. The lowest BCUT2D eigenvalue weighted by atomic mass is 9.93. The zero-order valence-electron chi connectivity index (χ0n) is 19.9. The molecular formula is C28H26N4O3. The standard InChI is InChI=1S/C28H26N4O3/c1-28-26(34-3)17(29-2)12-20(35-28)31-18-10-6-4-8-14(18)22-23-16(13-30-27(23)33)21-15-9-5-7-11-19(15)32(28)25(21)24(22)31/h4-11,17,20,26,29H,12-13H2,1-3H3,(H,30,33)/t17-,20+,26+,28+/m1/s1. The number of nitrogens with one attached hydrogen (secondary N) is 2. The minimum atomic E-state index is -0.760. The lowest BCUT2D eigenvalue weighted by Crippen LogP contribution is -2.59. The Hall–Kier alpha value is -3.39. The predicted octanol–water partition coefficient (Wildman–Crippen LogP) is 4.35. The maximum absolute atomic E-state index is 13.3. The number of ether oxygens (including phenoxy) is 2. The zero-order chi connectivity index (χ0) is 23.6. The van der Waals surface area contributed by atoms with Gasteiger partial charge < -0.3 is 29.2 Å². The molecule has 35 heavy (non-hydrogen) atoms. The Labute approximate surface area is 201 Å². The van der Waals surface area contributed by atoms with E-state index in [0.717, 1.165) is 61.2 Å². The minimum absolute atomic E-state index is 0.00357. The van der Waals surface area contributed by atoms with Crippen molar-refractivity contribution in [1.29, 1.82) is 0 Å². The van der Waals surface area contributed by atoms with Gasteiger partial charge in [0.1, 0.15) is 12.3 Å². The van der Waals surface area contributed by atoms with Gasteiger partial charge in [0.15, 0.2) is 5.72 Å². The molecule has 3 aliphatic rings. The van der Waals surface area contributed by atoms with Crippen LogP contribution in [0.4, 0.5) is 0 Å². The predicted molar refractivity (Wildman–Crippen MR) is 136 cm³/mol. The lowest BCUT2D eigenvalue weighted by Gasteiger charge is -2.48. The molecule has 7 heteroatoms. The summed E-state index contributed by atoms with van der Waals surface area (Å²) in [4.78, 5) is 13.3. The molecule has 7 nitrogen and oxygen atoms in total. The number of likely N-dealkylation sites (N-methyl/N-ethyl adjacent to an activating group) is 1. The quantitative estimate of drug-likeness (QED) is 0.406. The number of rotatable bonds is 2. The number of benzene rings is 3. The van der Waals surface area contributed by atoms with Crippen molar-refractivity contribution in [3.8, 4) is 0 Å². The number of carbonyl (C=O) groups is 1. The van der Waals surface area contributed by atoms with Crippen molar-refractivity contribution in [2.75, 3.05) is 14.2 Å². The third-order valence-corrected chi connectivity index (χ3v) is 8.60. The van der Waals surface area contributed by atoms with Crippen LogP contribution in [0.25, 0.3) is 43.6 Å². The molecule has 0 aliphatic carbocycles. The smallest absolute Gasteiger partial charge is 0.252 e. The van der Waals surface area contributed by atoms with Gasteiger partial charge in [-0.25, -0.2) is 0 Å². The number of para-hydroxylation sites is 2. The van der Waals surface area contributed by atoms with Crippen LogP contribution in [0.3, 0.4) is 0 Å². The van der Waals surface area contributed by atoms with Crippen LogP contribution in [0.1, 0.15) is 35.5 Å². The summed E-state index contributed by atoms with van der Waals surface area (Å²) in [6, 6.07) is 17.0. The van der Waals surface area contributed by atoms with E-state index in [1.54, 1.807) is 7.11 Å². The van der Waals surface area contributed by atoms with Crippen LogP contribution >= 0.6 is 0 Å². The van der Waals surface area contributed by atoms with Crippen LogP contribution in [0.2, 0.25) is 0 Å². The highest BCUT2D eigenvalue weighted by atomic mass is 16.6. The Morgan fingerprint density at radius 1 is 1.06 bits per heavy atom. The monoisotopic (exact) mass is 466 g/mol. The second-order valence-corrected chi connectivity index (χ2v) is 10.1. The minimum Gasteiger partial charge on any atom is -0.375 e. The lowest BCUT2D eigenvalue weighted by molar-refractivity contribution is -0.256. The molecule has 176 valence electrons. The van der Waals surface area contributed by atoms with Gasteiger partial charge in [-0.1, -0.05) is 36.4 Å². The molecule has 0 unspecified atom stereocenters. The van der Waals surface area contributed by atoms with Crippen molar-refractivity contribution in [1.82, 2.24) is 19.8 Å². The molecule has 5 heterocycles. The number of aromatic nitrogens is 2. The first kappa shape index (κ1) is 19.9. The molecule has 1 fully saturated rings. The summed E-state index contributed by atoms with van der Waals surface area (Å²) in [5.74, 6) is 0.00357. The average molecular weight is 467 g/mol. The van der Waals surface area contributed by atoms with Crippen molar-refractivity contribution in [2.24, 2.45) is 0 Å². The Balaban J connectivity index is 1.72. The van der Waals surface area contributed by atoms with Crippen molar-refractivity contribution in [3.63, 3.8) is 0 Å². The zero-order valence-corrected chi connectivity index (χ0v) is 19.9. The Morgan fingerprint density at radius 3 is 2.51 bits per heavy atom. The van der Waals surface area contributed by atoms with Gasteiger partial charge in [-0.3, -0.25) is 4.79 Å². The van der Waals surface area contributed by atoms with E-state index in [1.165, 1.54) is 0 Å². The summed E-state index contributed by atoms with van der Waals surface area (Å²) in [5.41, 5.74) is 5.51. The highest BCUT2D eigenvalue weighted by Crippen LogP contribution is 2.53. The summed E-state index contributed by atoms with van der Waals surface area (Å²) < 4.78 is 18.0. The van der Waals surface area contributed by atoms with Gasteiger partial charge in [0.25, 0.3) is 5.91 Å². The number of amides is 1. The molecule has 0 saturated carbocycles. The second-order valence-electron chi connectivity index (χ2n) is 10.1. The topological polar surface area (TPSA) is 69.5 Å². The van der Waals surface area contributed by atoms with Gasteiger partial charge in [0, 0.05) is 47.7 Å². The number of methoxy groups -OCH3 is 1. The molecule has 2 bridgehead atoms. The summed E-state index contributed by atoms with van der Waals surface area (Å²) >= 11 is 0. The molecule has 3 aromatic carbocycles. The molecule has 8 rings (SSSR count). The number of fused-ring (bicyclic) bond motifs is 13. The van der Waals surface area contributed by atoms with Crippen molar-refractivity contribution >= 4 is 49.5 Å². The molecule has 2 aromatic heterocycles. The first-order chi connectivity index (χ1) is 17.1. The first-order valence-corrected chi connectivity index (χ1v) is 12.3. The van der Waals surface area contributed by atoms with E-state index in [-0.39, 0.29) is 24.3 Å². The van der Waals surface area contributed by atoms with E-state index in [2.05, 4.69) is 75.2 Å². The highest BCUT2D eigenvalue weighted by Gasteiger charge is 2.53. The highest BCUT2D eigenvalue weighted by molar-refractivity contribution is 6.31. The maximum Gasteiger partial charge on any atom is 0.252 e. The Bertz CT molecular complexity index is 1750. The van der Waals surface area contributed by atoms with Crippen molar-refractivity contribution in [2.45, 2.75) is 44.0 Å². The second kappa shape index (κ2) is 6.43. The van der Waals surface area contributed by atoms with E-state index in [9.17, 15) is 4.79 Å². The van der Waals surface area contributed by atoms with Crippen LogP contribution in [-0.4, -0.2) is 41.3 Å². The van der Waals surface area contributed by atoms with Gasteiger partial charge in [-0.05, 0) is 31.7 Å². The van der Waals surface area contributed by atoms with Crippen LogP contribution in [-0.2, 0) is 21.7 Å². The SMILES string of the molecule is CN[C@@H]1C[C@@H]2O[C@@](C)([C@H]1OC)n1c3ccccc3c3c4c(c5c6ccccc6n2c5c31)C(=O)NC4. The summed E-state index contributed by atoms with van der Waals surface area (Å²) in [6.45, 7) is 2.68. The van der Waals surface area contributed by atoms with E-state index in [1.807, 2.05) is 7.05 Å². The number of hydrogen-bond donors (Lipinski definition) is 2. The van der Waals surface area contributed by atoms with Gasteiger partial charge in [0.2, 0.25) is 0 Å². The van der Waals surface area contributed by atoms with Crippen LogP contribution in [0, 0.1) is 0 Å². The van der Waals surface area contributed by atoms with Crippen LogP contribution < -0.4 is 10.6 Å². The fraction of sp³-hybridized carbons (Fsp3) is 0.321. The van der Waals surface area contributed by atoms with Gasteiger partial charge in [-0.2, -0.15) is 0 Å². The number of nitrogens with zero attached hydrogens (tertiary/aromatic N) is 2. The average Bonchev–Trinajstić information content (AvgIpc) is 3.51. The van der Waals surface area contributed by atoms with Gasteiger partial charge in [0.05, 0.1) is 27.6 Å². The molecule has 1 saturated heterocycles. The van der Waals surface area contributed by atoms with E-state index in [0.29, 0.717) is 6.54 Å². The molecule has 0 radical (unpaired) electrons. The fourth-order valence-electron chi connectivity index (χ4n) is 7.33. The number of hydrogen-bond acceptors (Lipinski definition) is 4. The molecule has 5 aromatic rings. The summed E-state index contributed by atoms with van der Waals surface area (Å²) in [7, 11) is 3.77.